The first-order chi connectivity index (χ1) is 10.8. The molecule has 2 rings (SSSR count). The van der Waals surface area contributed by atoms with E-state index < -0.39 is 30.3 Å². The van der Waals surface area contributed by atoms with Crippen LogP contribution in [0.5, 0.6) is 0 Å². The molecule has 0 aromatic rings. The van der Waals surface area contributed by atoms with E-state index in [0.717, 1.165) is 0 Å². The van der Waals surface area contributed by atoms with E-state index in [0.29, 0.717) is 29.6 Å². The van der Waals surface area contributed by atoms with Crippen LogP contribution >= 0.6 is 0 Å². The molecule has 3 atom stereocenters. The van der Waals surface area contributed by atoms with Gasteiger partial charge in [0.2, 0.25) is 0 Å². The highest BCUT2D eigenvalue weighted by molar-refractivity contribution is 5.93. The molecule has 0 spiro atoms. The number of carbonyl (C=O) groups excluding carboxylic acids is 2. The summed E-state index contributed by atoms with van der Waals surface area (Å²) in [6.07, 6.45) is 0.867. The summed E-state index contributed by atoms with van der Waals surface area (Å²) in [7, 11) is 0. The van der Waals surface area contributed by atoms with E-state index >= 15 is 0 Å². The highest BCUT2D eigenvalue weighted by Crippen LogP contribution is 2.32. The number of rotatable bonds is 2. The lowest BCUT2D eigenvalue weighted by atomic mass is 9.90. The predicted molar refractivity (Wildman–Crippen MR) is 82.3 cm³/mol. The summed E-state index contributed by atoms with van der Waals surface area (Å²) in [6, 6.07) is 0. The molecule has 1 aliphatic heterocycles. The van der Waals surface area contributed by atoms with E-state index in [4.69, 9.17) is 9.47 Å². The molecule has 1 heterocycles. The molecule has 2 aliphatic rings. The fourth-order valence-electron chi connectivity index (χ4n) is 2.86. The molecule has 0 amide bonds. The van der Waals surface area contributed by atoms with Gasteiger partial charge in [-0.25, -0.2) is 4.79 Å². The monoisotopic (exact) mass is 322 g/mol. The molecule has 6 nitrogen and oxygen atoms in total. The second kappa shape index (κ2) is 7.10. The average molecular weight is 322 g/mol. The molecule has 2 N–H and O–H groups in total. The number of hydrogen-bond donors (Lipinski definition) is 2. The van der Waals surface area contributed by atoms with Gasteiger partial charge in [-0.15, -0.1) is 0 Å². The zero-order chi connectivity index (χ0) is 17.1. The minimum absolute atomic E-state index is 0.216. The number of aliphatic hydroxyl groups excluding tert-OH is 2. The third kappa shape index (κ3) is 3.89. The van der Waals surface area contributed by atoms with Gasteiger partial charge in [-0.1, -0.05) is 6.58 Å². The van der Waals surface area contributed by atoms with Crippen LogP contribution < -0.4 is 0 Å². The maximum Gasteiger partial charge on any atom is 0.337 e. The minimum atomic E-state index is -0.810. The van der Waals surface area contributed by atoms with Crippen LogP contribution in [0.2, 0.25) is 0 Å². The van der Waals surface area contributed by atoms with E-state index in [1.54, 1.807) is 13.0 Å². The smallest absolute Gasteiger partial charge is 0.337 e. The molecule has 0 saturated carbocycles. The molecule has 23 heavy (non-hydrogen) atoms. The van der Waals surface area contributed by atoms with E-state index in [1.807, 2.05) is 0 Å². The number of esters is 2. The molecule has 1 aliphatic carbocycles. The molecule has 0 fully saturated rings. The largest absolute Gasteiger partial charge is 0.458 e. The Labute approximate surface area is 135 Å². The van der Waals surface area contributed by atoms with Crippen LogP contribution in [0.25, 0.3) is 0 Å². The van der Waals surface area contributed by atoms with Crippen molar-refractivity contribution in [1.29, 1.82) is 0 Å². The Hall–Kier alpha value is -1.92. The Balaban J connectivity index is 2.41. The van der Waals surface area contributed by atoms with Gasteiger partial charge >= 0.3 is 11.9 Å². The van der Waals surface area contributed by atoms with Gasteiger partial charge in [0.05, 0.1) is 18.3 Å². The van der Waals surface area contributed by atoms with E-state index in [-0.39, 0.29) is 18.6 Å². The molecule has 0 bridgehead atoms. The minimum Gasteiger partial charge on any atom is -0.458 e. The molecular formula is C17H22O6. The first-order valence-corrected chi connectivity index (χ1v) is 7.58. The third-order valence-electron chi connectivity index (χ3n) is 4.22. The fraction of sp³-hybridized carbons (Fsp3) is 0.529. The molecule has 0 radical (unpaired) electrons. The molecule has 0 saturated heterocycles. The van der Waals surface area contributed by atoms with Crippen molar-refractivity contribution < 1.29 is 29.3 Å². The number of carbonyl (C=O) groups is 2. The summed E-state index contributed by atoms with van der Waals surface area (Å²) < 4.78 is 10.6. The van der Waals surface area contributed by atoms with Gasteiger partial charge in [0.1, 0.15) is 12.2 Å². The zero-order valence-electron chi connectivity index (χ0n) is 13.4. The normalized spacial score (nSPS) is 31.1. The average Bonchev–Trinajstić information content (AvgIpc) is 2.77. The molecule has 0 aromatic heterocycles. The summed E-state index contributed by atoms with van der Waals surface area (Å²) in [6.45, 7) is 6.54. The summed E-state index contributed by atoms with van der Waals surface area (Å²) in [5.41, 5.74) is 2.22. The van der Waals surface area contributed by atoms with Gasteiger partial charge in [-0.2, -0.15) is 0 Å². The van der Waals surface area contributed by atoms with Crippen molar-refractivity contribution in [3.63, 3.8) is 0 Å². The zero-order valence-corrected chi connectivity index (χ0v) is 13.4. The maximum absolute atomic E-state index is 11.9. The Bertz CT molecular complexity index is 586. The SMILES string of the molecule is C=C1CCC2=C(CO)C(=O)O[C@@H]2/C=C(/C)[C@H](OC(C)=O)C[C@H]1O. The van der Waals surface area contributed by atoms with Crippen LogP contribution in [0.3, 0.4) is 0 Å². The number of aliphatic hydroxyl groups is 2. The van der Waals surface area contributed by atoms with Crippen LogP contribution in [-0.4, -0.2) is 47.1 Å². The highest BCUT2D eigenvalue weighted by atomic mass is 16.6. The lowest BCUT2D eigenvalue weighted by Gasteiger charge is -2.25. The summed E-state index contributed by atoms with van der Waals surface area (Å²) in [4.78, 5) is 23.1. The van der Waals surface area contributed by atoms with Crippen molar-refractivity contribution >= 4 is 11.9 Å². The standard InChI is InChI=1S/C17H22O6/c1-9-4-5-12-13(8-18)17(21)23-16(12)6-10(2)15(7-14(9)20)22-11(3)19/h6,14-16,18,20H,1,4-5,7-8H2,2-3H3/b10-6-/t14-,15-,16-/m1/s1. The lowest BCUT2D eigenvalue weighted by Crippen LogP contribution is -2.27. The van der Waals surface area contributed by atoms with Crippen molar-refractivity contribution in [2.24, 2.45) is 0 Å². The topological polar surface area (TPSA) is 93.1 Å². The fourth-order valence-corrected chi connectivity index (χ4v) is 2.86. The van der Waals surface area contributed by atoms with Crippen molar-refractivity contribution in [1.82, 2.24) is 0 Å². The van der Waals surface area contributed by atoms with Gasteiger partial charge in [0.15, 0.2) is 0 Å². The van der Waals surface area contributed by atoms with E-state index in [1.165, 1.54) is 6.92 Å². The second-order valence-electron chi connectivity index (χ2n) is 5.91. The highest BCUT2D eigenvalue weighted by Gasteiger charge is 2.34. The van der Waals surface area contributed by atoms with Crippen LogP contribution in [0.1, 0.15) is 33.1 Å². The van der Waals surface area contributed by atoms with Crippen LogP contribution in [0.15, 0.2) is 34.9 Å². The molecule has 6 heteroatoms. The van der Waals surface area contributed by atoms with Gasteiger partial charge in [-0.05, 0) is 42.6 Å². The van der Waals surface area contributed by atoms with Gasteiger partial charge in [-0.3, -0.25) is 4.79 Å². The number of fused-ring (bicyclic) bond motifs is 1. The predicted octanol–water partition coefficient (Wildman–Crippen LogP) is 1.18. The maximum atomic E-state index is 11.9. The van der Waals surface area contributed by atoms with Gasteiger partial charge < -0.3 is 19.7 Å². The quantitative estimate of drug-likeness (QED) is 0.586. The van der Waals surface area contributed by atoms with Crippen LogP contribution in [0, 0.1) is 0 Å². The first-order valence-electron chi connectivity index (χ1n) is 7.58. The number of hydrogen-bond acceptors (Lipinski definition) is 6. The van der Waals surface area contributed by atoms with Crippen molar-refractivity contribution in [2.75, 3.05) is 6.61 Å². The first kappa shape index (κ1) is 17.4. The Kier molecular flexibility index (Phi) is 5.38. The van der Waals surface area contributed by atoms with Gasteiger partial charge in [0, 0.05) is 13.3 Å². The van der Waals surface area contributed by atoms with Crippen molar-refractivity contribution in [3.8, 4) is 0 Å². The molecule has 126 valence electrons. The summed E-state index contributed by atoms with van der Waals surface area (Å²) in [5.74, 6) is -0.987. The molecule has 0 unspecified atom stereocenters. The van der Waals surface area contributed by atoms with Crippen LogP contribution in [0.4, 0.5) is 0 Å². The lowest BCUT2D eigenvalue weighted by molar-refractivity contribution is -0.146. The van der Waals surface area contributed by atoms with Crippen molar-refractivity contribution in [3.05, 3.63) is 34.9 Å². The molecular weight excluding hydrogens is 300 g/mol. The van der Waals surface area contributed by atoms with E-state index in [9.17, 15) is 19.8 Å². The molecule has 0 aromatic carbocycles. The Morgan fingerprint density at radius 3 is 2.78 bits per heavy atom. The van der Waals surface area contributed by atoms with E-state index in [2.05, 4.69) is 6.58 Å². The van der Waals surface area contributed by atoms with Crippen LogP contribution in [-0.2, 0) is 19.1 Å². The third-order valence-corrected chi connectivity index (χ3v) is 4.22. The van der Waals surface area contributed by atoms with Gasteiger partial charge in [0.25, 0.3) is 0 Å². The second-order valence-corrected chi connectivity index (χ2v) is 5.91. The summed E-state index contributed by atoms with van der Waals surface area (Å²) in [5, 5.41) is 19.6. The van der Waals surface area contributed by atoms with Crippen molar-refractivity contribution in [2.45, 2.75) is 51.4 Å². The number of ether oxygens (including phenoxy) is 2. The summed E-state index contributed by atoms with van der Waals surface area (Å²) >= 11 is 0. The Morgan fingerprint density at radius 1 is 1.48 bits per heavy atom. The Morgan fingerprint density at radius 2 is 2.17 bits per heavy atom.